The van der Waals surface area contributed by atoms with Crippen molar-refractivity contribution in [2.75, 3.05) is 31.4 Å². The number of azo groups is 3. The number of aromatic hydroxyl groups is 2. The van der Waals surface area contributed by atoms with Gasteiger partial charge in [-0.1, -0.05) is 0 Å². The first-order chi connectivity index (χ1) is 30.9. The number of phenolic OH excluding ortho intramolecular Hbond substituents is 2. The smallest absolute Gasteiger partial charge is 0.296 e. The first kappa shape index (κ1) is 48.5. The highest BCUT2D eigenvalue weighted by Gasteiger charge is 2.31. The number of ether oxygens (including phenoxy) is 2. The molecule has 0 saturated heterocycles. The van der Waals surface area contributed by atoms with E-state index in [2.05, 4.69) is 35.8 Å². The van der Waals surface area contributed by atoms with Gasteiger partial charge in [-0.25, -0.2) is 0 Å². The van der Waals surface area contributed by atoms with Crippen molar-refractivity contribution in [2.24, 2.45) is 35.8 Å². The maximum Gasteiger partial charge on any atom is 0.296 e. The Morgan fingerprint density at radius 3 is 1.71 bits per heavy atom. The third-order valence-corrected chi connectivity index (χ3v) is 12.1. The molecule has 0 saturated carbocycles. The summed E-state index contributed by atoms with van der Waals surface area (Å²) < 4.78 is 146. The third kappa shape index (κ3) is 10.9. The number of fused-ring (bicyclic) bond motifs is 1. The fraction of sp³-hybridized carbons (Fsp3) is 0.143. The molecular weight excluding hydrogens is 965 g/mol. The van der Waals surface area contributed by atoms with Crippen molar-refractivity contribution in [3.8, 4) is 23.0 Å². The average Bonchev–Trinajstić information content (AvgIpc) is 3.61. The Bertz CT molecular complexity index is 3350. The second-order valence-corrected chi connectivity index (χ2v) is 18.7. The molecule has 0 aromatic heterocycles. The lowest BCUT2D eigenvalue weighted by molar-refractivity contribution is -0.117. The van der Waals surface area contributed by atoms with Crippen molar-refractivity contribution in [1.29, 1.82) is 0 Å². The minimum atomic E-state index is -5.30. The lowest BCUT2D eigenvalue weighted by Crippen LogP contribution is -2.28. The van der Waals surface area contributed by atoms with E-state index in [0.29, 0.717) is 18.2 Å². The highest BCUT2D eigenvalue weighted by Crippen LogP contribution is 2.47. The van der Waals surface area contributed by atoms with E-state index in [9.17, 15) is 77.1 Å². The Balaban J connectivity index is 1.35. The molecular formula is C35H30N8O19S4. The van der Waals surface area contributed by atoms with Gasteiger partial charge in [-0.05, 0) is 60.0 Å². The van der Waals surface area contributed by atoms with E-state index >= 15 is 0 Å². The number of aliphatic hydroxyl groups excluding tert-OH is 2. The van der Waals surface area contributed by atoms with Gasteiger partial charge in [-0.2, -0.15) is 54.0 Å². The van der Waals surface area contributed by atoms with E-state index in [-0.39, 0.29) is 34.2 Å². The minimum Gasteiger partial charge on any atom is -0.507 e. The zero-order valence-electron chi connectivity index (χ0n) is 32.7. The lowest BCUT2D eigenvalue weighted by atomic mass is 10.1. The number of aliphatic hydroxyl groups is 2. The number of phenols is 2. The maximum atomic E-state index is 12.9. The summed E-state index contributed by atoms with van der Waals surface area (Å²) in [6.45, 7) is -2.01. The van der Waals surface area contributed by atoms with Crippen molar-refractivity contribution < 1.29 is 86.6 Å². The van der Waals surface area contributed by atoms with Crippen LogP contribution in [0, 0.1) is 0 Å². The van der Waals surface area contributed by atoms with E-state index in [1.165, 1.54) is 18.2 Å². The van der Waals surface area contributed by atoms with Gasteiger partial charge in [-0.3, -0.25) is 23.0 Å². The summed E-state index contributed by atoms with van der Waals surface area (Å²) in [5.74, 6) is -3.47. The summed E-state index contributed by atoms with van der Waals surface area (Å²) >= 11 is 0. The number of hydrogen-bond acceptors (Lipinski definition) is 22. The van der Waals surface area contributed by atoms with E-state index in [4.69, 9.17) is 9.47 Å². The number of nitrogens with zero attached hydrogens (tertiary/aromatic N) is 8. The number of hydrogen-bond donors (Lipinski definition) is 8. The largest absolute Gasteiger partial charge is 0.507 e. The number of amides is 1. The molecule has 27 nitrogen and oxygen atoms in total. The van der Waals surface area contributed by atoms with Gasteiger partial charge in [0.25, 0.3) is 46.4 Å². The van der Waals surface area contributed by atoms with Crippen LogP contribution < -0.4 is 14.5 Å². The van der Waals surface area contributed by atoms with Gasteiger partial charge in [0.05, 0.1) is 46.0 Å². The van der Waals surface area contributed by atoms with Gasteiger partial charge < -0.3 is 29.9 Å². The van der Waals surface area contributed by atoms with Gasteiger partial charge in [0.15, 0.2) is 11.8 Å². The van der Waals surface area contributed by atoms with Crippen molar-refractivity contribution in [2.45, 2.75) is 25.6 Å². The molecule has 0 radical (unpaired) electrons. The van der Waals surface area contributed by atoms with Crippen LogP contribution in [-0.2, 0) is 45.3 Å². The van der Waals surface area contributed by atoms with Crippen molar-refractivity contribution >= 4 is 97.5 Å². The Kier molecular flexibility index (Phi) is 13.9. The summed E-state index contributed by atoms with van der Waals surface area (Å²) in [6.07, 6.45) is 1.08. The minimum absolute atomic E-state index is 0.112. The monoisotopic (exact) mass is 994 g/mol. The SMILES string of the molecule is O=C1C(/N=N/c2ccc(/N=N/c3cc(OCCO)c(/N=N/c4c(S(=O)(=O)O)cc5cc(S(=O)(=O)O)cc(O)c5c4O)cc3OCCO)c(S(=O)(=O)O)c2)C=NN1c1ccc(S(=O)(=O)O)cc1. The van der Waals surface area contributed by atoms with Crippen LogP contribution in [-0.4, -0.2) is 117 Å². The zero-order valence-corrected chi connectivity index (χ0v) is 36.0. The van der Waals surface area contributed by atoms with Gasteiger partial charge >= 0.3 is 0 Å². The number of carbonyl (C=O) groups excluding carboxylic acids is 1. The fourth-order valence-corrected chi connectivity index (χ4v) is 8.04. The molecule has 66 heavy (non-hydrogen) atoms. The molecule has 0 spiro atoms. The predicted molar refractivity (Wildman–Crippen MR) is 224 cm³/mol. The first-order valence-electron chi connectivity index (χ1n) is 17.8. The number of rotatable bonds is 17. The zero-order chi connectivity index (χ0) is 48.4. The van der Waals surface area contributed by atoms with Crippen LogP contribution in [0.4, 0.5) is 34.1 Å². The maximum absolute atomic E-state index is 12.9. The van der Waals surface area contributed by atoms with Crippen LogP contribution >= 0.6 is 0 Å². The van der Waals surface area contributed by atoms with E-state index in [1.807, 2.05) is 0 Å². The standard InChI is InChI=1S/C35H30N8O19S4/c44-7-9-61-28-16-25(40-42-33-31(66(58,59)60)12-18-11-22(64(52,53)54)14-27(46)32(18)34(33)47)29(62-10-8-45)15-24(28)39-38-23-6-1-19(13-30(23)65(55,56)57)37-41-26-17-36-43(35(26)48)20-2-4-21(5-3-20)63(49,50)51/h1-6,11-17,26,44-47H,7-10H2,(H,49,50,51)(H,52,53,54)(H,55,56,57)(H,58,59,60)/b39-38+,41-37+,42-40+. The Morgan fingerprint density at radius 1 is 0.606 bits per heavy atom. The van der Waals surface area contributed by atoms with E-state index in [1.54, 1.807) is 0 Å². The third-order valence-electron chi connectivity index (χ3n) is 8.62. The molecule has 0 aliphatic carbocycles. The quantitative estimate of drug-likeness (QED) is 0.0475. The molecule has 0 bridgehead atoms. The highest BCUT2D eigenvalue weighted by molar-refractivity contribution is 7.86. The second-order valence-electron chi connectivity index (χ2n) is 13.1. The van der Waals surface area contributed by atoms with Crippen molar-refractivity contribution in [3.63, 3.8) is 0 Å². The number of benzene rings is 5. The van der Waals surface area contributed by atoms with Crippen LogP contribution in [0.2, 0.25) is 0 Å². The highest BCUT2D eigenvalue weighted by atomic mass is 32.2. The van der Waals surface area contributed by atoms with Crippen molar-refractivity contribution in [1.82, 2.24) is 0 Å². The van der Waals surface area contributed by atoms with Crippen LogP contribution in [0.25, 0.3) is 10.8 Å². The molecule has 1 heterocycles. The van der Waals surface area contributed by atoms with Crippen LogP contribution in [0.5, 0.6) is 23.0 Å². The molecule has 1 aliphatic rings. The first-order valence-corrected chi connectivity index (χ1v) is 23.6. The molecule has 1 amide bonds. The number of hydrazone groups is 1. The molecule has 1 unspecified atom stereocenters. The lowest BCUT2D eigenvalue weighted by Gasteiger charge is -2.13. The normalized spacial score (nSPS) is 15.0. The fourth-order valence-electron chi connectivity index (χ4n) is 5.72. The summed E-state index contributed by atoms with van der Waals surface area (Å²) in [7, 11) is -19.9. The summed E-state index contributed by atoms with van der Waals surface area (Å²) in [6, 6.07) is 10.1. The summed E-state index contributed by atoms with van der Waals surface area (Å²) in [5.41, 5.74) is -2.26. The van der Waals surface area contributed by atoms with Crippen molar-refractivity contribution in [3.05, 3.63) is 72.8 Å². The molecule has 31 heteroatoms. The van der Waals surface area contributed by atoms with Gasteiger partial charge in [0.2, 0.25) is 0 Å². The van der Waals surface area contributed by atoms with Gasteiger partial charge in [0, 0.05) is 18.2 Å². The topological polar surface area (TPSA) is 424 Å². The molecule has 0 fully saturated rings. The molecule has 348 valence electrons. The van der Waals surface area contributed by atoms with Gasteiger partial charge in [-0.15, -0.1) is 20.5 Å². The van der Waals surface area contributed by atoms with Crippen LogP contribution in [0.3, 0.4) is 0 Å². The Morgan fingerprint density at radius 2 is 1.17 bits per heavy atom. The molecule has 1 atom stereocenters. The molecule has 6 rings (SSSR count). The van der Waals surface area contributed by atoms with Gasteiger partial charge in [0.1, 0.15) is 63.0 Å². The number of anilines is 1. The summed E-state index contributed by atoms with van der Waals surface area (Å²) in [4.78, 5) is 9.60. The Hall–Kier alpha value is -6.94. The second kappa shape index (κ2) is 18.9. The Labute approximate surface area is 371 Å². The number of carbonyl (C=O) groups is 1. The van der Waals surface area contributed by atoms with E-state index in [0.717, 1.165) is 47.6 Å². The van der Waals surface area contributed by atoms with Crippen LogP contribution in [0.15, 0.2) is 128 Å². The molecule has 5 aromatic rings. The molecule has 8 N–H and O–H groups in total. The summed E-state index contributed by atoms with van der Waals surface area (Å²) in [5, 5.41) is 67.5. The van der Waals surface area contributed by atoms with Crippen LogP contribution in [0.1, 0.15) is 0 Å². The average molecular weight is 995 g/mol. The molecule has 5 aromatic carbocycles. The van der Waals surface area contributed by atoms with E-state index < -0.39 is 132 Å². The molecule has 1 aliphatic heterocycles. The predicted octanol–water partition coefficient (Wildman–Crippen LogP) is 4.30.